The zero-order valence-electron chi connectivity index (χ0n) is 5.26. The molecule has 0 aliphatic carbocycles. The van der Waals surface area contributed by atoms with Crippen LogP contribution in [0.4, 0.5) is 0 Å². The Balaban J connectivity index is 3.46. The lowest BCUT2D eigenvalue weighted by atomic mass is 10.5. The molecule has 0 rings (SSSR count). The van der Waals surface area contributed by atoms with Crippen LogP contribution in [0.15, 0.2) is 12.7 Å². The summed E-state index contributed by atoms with van der Waals surface area (Å²) in [4.78, 5) is 10.4. The molecule has 2 nitrogen and oxygen atoms in total. The highest BCUT2D eigenvalue weighted by Crippen LogP contribution is 2.06. The lowest BCUT2D eigenvalue weighted by Gasteiger charge is -2.05. The van der Waals surface area contributed by atoms with Gasteiger partial charge in [-0.1, -0.05) is 13.5 Å². The molecule has 3 heteroatoms. The van der Waals surface area contributed by atoms with E-state index in [1.807, 2.05) is 6.92 Å². The highest BCUT2D eigenvalue weighted by Gasteiger charge is 2.02. The summed E-state index contributed by atoms with van der Waals surface area (Å²) in [5.74, 6) is -0.351. The fraction of sp³-hybridized carbons (Fsp3) is 0.500. The molecule has 0 fully saturated rings. The molecule has 9 heavy (non-hydrogen) atoms. The number of halogens is 1. The van der Waals surface area contributed by atoms with Crippen molar-refractivity contribution in [2.75, 3.05) is 0 Å². The first-order chi connectivity index (χ1) is 4.20. The SMILES string of the molecule is C=CC(=O)OC(I)CC. The number of hydrogen-bond acceptors (Lipinski definition) is 2. The number of alkyl halides is 1. The standard InChI is InChI=1S/C6H9IO2/c1-3-5(7)9-6(8)4-2/h4-5H,2-3H2,1H3. The maximum Gasteiger partial charge on any atom is 0.331 e. The van der Waals surface area contributed by atoms with Crippen molar-refractivity contribution in [2.24, 2.45) is 0 Å². The number of rotatable bonds is 3. The summed E-state index contributed by atoms with van der Waals surface area (Å²) in [6.45, 7) is 5.22. The van der Waals surface area contributed by atoms with E-state index in [0.717, 1.165) is 6.42 Å². The van der Waals surface area contributed by atoms with E-state index in [4.69, 9.17) is 4.74 Å². The third kappa shape index (κ3) is 4.44. The third-order valence-electron chi connectivity index (χ3n) is 0.732. The molecule has 0 N–H and O–H groups in total. The zero-order chi connectivity index (χ0) is 7.28. The summed E-state index contributed by atoms with van der Waals surface area (Å²) in [6.07, 6.45) is 2.00. The molecule has 1 unspecified atom stereocenters. The molecule has 0 aromatic heterocycles. The van der Waals surface area contributed by atoms with Crippen molar-refractivity contribution < 1.29 is 9.53 Å². The molecular formula is C6H9IO2. The van der Waals surface area contributed by atoms with E-state index < -0.39 is 0 Å². The van der Waals surface area contributed by atoms with Gasteiger partial charge in [0.25, 0.3) is 0 Å². The van der Waals surface area contributed by atoms with Gasteiger partial charge >= 0.3 is 5.97 Å². The minimum absolute atomic E-state index is 0.0203. The quantitative estimate of drug-likeness (QED) is 0.326. The summed E-state index contributed by atoms with van der Waals surface area (Å²) < 4.78 is 4.76. The van der Waals surface area contributed by atoms with Gasteiger partial charge in [0.05, 0.1) is 0 Å². The Kier molecular flexibility index (Phi) is 4.75. The van der Waals surface area contributed by atoms with Crippen LogP contribution < -0.4 is 0 Å². The second-order valence-electron chi connectivity index (χ2n) is 1.46. The molecule has 0 radical (unpaired) electrons. The predicted octanol–water partition coefficient (Wildman–Crippen LogP) is 1.89. The van der Waals surface area contributed by atoms with Crippen LogP contribution in [0.1, 0.15) is 13.3 Å². The van der Waals surface area contributed by atoms with E-state index in [-0.39, 0.29) is 10.1 Å². The summed E-state index contributed by atoms with van der Waals surface area (Å²) in [7, 11) is 0. The highest BCUT2D eigenvalue weighted by atomic mass is 127. The molecule has 0 aromatic carbocycles. The number of carbonyl (C=O) groups excluding carboxylic acids is 1. The molecule has 0 aliphatic heterocycles. The van der Waals surface area contributed by atoms with Gasteiger partial charge in [-0.15, -0.1) is 0 Å². The van der Waals surface area contributed by atoms with Gasteiger partial charge in [-0.2, -0.15) is 0 Å². The number of ether oxygens (including phenoxy) is 1. The Morgan fingerprint density at radius 1 is 2.00 bits per heavy atom. The number of hydrogen-bond donors (Lipinski definition) is 0. The minimum Gasteiger partial charge on any atom is -0.449 e. The summed E-state index contributed by atoms with van der Waals surface area (Å²) in [5, 5.41) is 0. The first-order valence-electron chi connectivity index (χ1n) is 2.67. The zero-order valence-corrected chi connectivity index (χ0v) is 7.42. The molecule has 0 heterocycles. The minimum atomic E-state index is -0.351. The first-order valence-corrected chi connectivity index (χ1v) is 3.92. The molecule has 0 saturated heterocycles. The van der Waals surface area contributed by atoms with Gasteiger partial charge in [-0.05, 0) is 29.0 Å². The summed E-state index contributed by atoms with van der Waals surface area (Å²) in [6, 6.07) is 0. The van der Waals surface area contributed by atoms with E-state index in [9.17, 15) is 4.79 Å². The Hall–Kier alpha value is -0.0600. The van der Waals surface area contributed by atoms with Crippen molar-refractivity contribution >= 4 is 28.6 Å². The van der Waals surface area contributed by atoms with Gasteiger partial charge in [0, 0.05) is 6.08 Å². The molecule has 52 valence electrons. The molecule has 0 spiro atoms. The van der Waals surface area contributed by atoms with Crippen LogP contribution in [-0.2, 0) is 9.53 Å². The largest absolute Gasteiger partial charge is 0.449 e. The lowest BCUT2D eigenvalue weighted by molar-refractivity contribution is -0.138. The van der Waals surface area contributed by atoms with Gasteiger partial charge < -0.3 is 4.74 Å². The van der Waals surface area contributed by atoms with Gasteiger partial charge in [-0.3, -0.25) is 0 Å². The van der Waals surface area contributed by atoms with Gasteiger partial charge in [0.2, 0.25) is 0 Å². The second-order valence-corrected chi connectivity index (χ2v) is 2.85. The fourth-order valence-corrected chi connectivity index (χ4v) is 0.508. The Morgan fingerprint density at radius 3 is 2.89 bits per heavy atom. The van der Waals surface area contributed by atoms with E-state index in [1.54, 1.807) is 0 Å². The van der Waals surface area contributed by atoms with Crippen molar-refractivity contribution in [3.8, 4) is 0 Å². The van der Waals surface area contributed by atoms with Gasteiger partial charge in [0.15, 0.2) is 4.11 Å². The van der Waals surface area contributed by atoms with Crippen molar-refractivity contribution in [2.45, 2.75) is 17.5 Å². The number of carbonyl (C=O) groups is 1. The van der Waals surface area contributed by atoms with Crippen LogP contribution in [0.3, 0.4) is 0 Å². The van der Waals surface area contributed by atoms with Crippen LogP contribution in [-0.4, -0.2) is 10.1 Å². The van der Waals surface area contributed by atoms with Gasteiger partial charge in [0.1, 0.15) is 0 Å². The first kappa shape index (κ1) is 8.94. The molecule has 0 aliphatic rings. The highest BCUT2D eigenvalue weighted by molar-refractivity contribution is 14.1. The molecular weight excluding hydrogens is 231 g/mol. The maximum atomic E-state index is 10.4. The second kappa shape index (κ2) is 4.78. The topological polar surface area (TPSA) is 26.3 Å². The van der Waals surface area contributed by atoms with Crippen molar-refractivity contribution in [1.82, 2.24) is 0 Å². The fourth-order valence-electron chi connectivity index (χ4n) is 0.257. The molecule has 1 atom stereocenters. The van der Waals surface area contributed by atoms with E-state index >= 15 is 0 Å². The Bertz CT molecular complexity index is 112. The van der Waals surface area contributed by atoms with Crippen molar-refractivity contribution in [3.63, 3.8) is 0 Å². The number of esters is 1. The average Bonchev–Trinajstić information content (AvgIpc) is 1.87. The van der Waals surface area contributed by atoms with Gasteiger partial charge in [-0.25, -0.2) is 4.79 Å². The average molecular weight is 240 g/mol. The van der Waals surface area contributed by atoms with E-state index in [0.29, 0.717) is 0 Å². The van der Waals surface area contributed by atoms with Crippen LogP contribution in [0.2, 0.25) is 0 Å². The third-order valence-corrected chi connectivity index (χ3v) is 1.87. The molecule has 0 bridgehead atoms. The van der Waals surface area contributed by atoms with E-state index in [2.05, 4.69) is 29.2 Å². The summed E-state index contributed by atoms with van der Waals surface area (Å²) in [5.41, 5.74) is 0. The Labute approximate surface area is 68.4 Å². The van der Waals surface area contributed by atoms with Crippen molar-refractivity contribution in [3.05, 3.63) is 12.7 Å². The van der Waals surface area contributed by atoms with Crippen LogP contribution in [0, 0.1) is 0 Å². The monoisotopic (exact) mass is 240 g/mol. The Morgan fingerprint density at radius 2 is 2.56 bits per heavy atom. The predicted molar refractivity (Wildman–Crippen MR) is 44.4 cm³/mol. The van der Waals surface area contributed by atoms with Crippen LogP contribution >= 0.6 is 22.6 Å². The van der Waals surface area contributed by atoms with Crippen molar-refractivity contribution in [1.29, 1.82) is 0 Å². The molecule has 0 saturated carbocycles. The van der Waals surface area contributed by atoms with Crippen LogP contribution in [0.5, 0.6) is 0 Å². The lowest BCUT2D eigenvalue weighted by Crippen LogP contribution is -2.07. The van der Waals surface area contributed by atoms with Crippen LogP contribution in [0.25, 0.3) is 0 Å². The maximum absolute atomic E-state index is 10.4. The van der Waals surface area contributed by atoms with E-state index in [1.165, 1.54) is 6.08 Å². The molecule has 0 amide bonds. The normalized spacial score (nSPS) is 12.2. The summed E-state index contributed by atoms with van der Waals surface area (Å²) >= 11 is 2.05. The molecule has 0 aromatic rings. The smallest absolute Gasteiger partial charge is 0.331 e.